The van der Waals surface area contributed by atoms with Gasteiger partial charge in [-0.05, 0) is 41.9 Å². The Balaban J connectivity index is 0.00000364. The number of hydrogen-bond donors (Lipinski definition) is 2. The largest absolute Gasteiger partial charge is 0.488 e. The minimum atomic E-state index is -0.0403. The van der Waals surface area contributed by atoms with Gasteiger partial charge in [-0.2, -0.15) is 0 Å². The summed E-state index contributed by atoms with van der Waals surface area (Å²) in [7, 11) is 1.93. The lowest BCUT2D eigenvalue weighted by Crippen LogP contribution is -2.42. The molecule has 9 heteroatoms. The SMILES string of the molecule is C=CCNC(=NCc1nnc(C)n1C)NCC(C)Oc1ccccc1Br.I. The minimum Gasteiger partial charge on any atom is -0.488 e. The lowest BCUT2D eigenvalue weighted by atomic mass is 10.3. The van der Waals surface area contributed by atoms with Crippen molar-refractivity contribution in [3.8, 4) is 5.75 Å². The second-order valence-electron chi connectivity index (χ2n) is 5.80. The van der Waals surface area contributed by atoms with Gasteiger partial charge in [-0.15, -0.1) is 40.8 Å². The molecule has 2 rings (SSSR count). The maximum Gasteiger partial charge on any atom is 0.192 e. The van der Waals surface area contributed by atoms with Crippen LogP contribution in [-0.4, -0.2) is 39.9 Å². The maximum absolute atomic E-state index is 5.95. The highest BCUT2D eigenvalue weighted by molar-refractivity contribution is 14.0. The number of halogens is 2. The molecule has 7 nitrogen and oxygen atoms in total. The fourth-order valence-corrected chi connectivity index (χ4v) is 2.50. The Bertz CT molecular complexity index is 764. The van der Waals surface area contributed by atoms with Crippen LogP contribution in [0.15, 0.2) is 46.4 Å². The summed E-state index contributed by atoms with van der Waals surface area (Å²) in [5.74, 6) is 3.15. The van der Waals surface area contributed by atoms with Crippen molar-refractivity contribution in [2.24, 2.45) is 12.0 Å². The van der Waals surface area contributed by atoms with E-state index in [0.717, 1.165) is 21.9 Å². The zero-order valence-corrected chi connectivity index (χ0v) is 19.7. The van der Waals surface area contributed by atoms with Crippen molar-refractivity contribution < 1.29 is 4.74 Å². The number of aromatic nitrogens is 3. The van der Waals surface area contributed by atoms with Gasteiger partial charge in [0.25, 0.3) is 0 Å². The standard InChI is InChI=1S/C18H25BrN6O.HI/c1-5-10-20-18(22-12-17-24-23-14(3)25(17)4)21-11-13(2)26-16-9-7-6-8-15(16)19;/h5-9,13H,1,10-12H2,2-4H3,(H2,20,21,22);1H. The van der Waals surface area contributed by atoms with Crippen molar-refractivity contribution in [3.05, 3.63) is 53.0 Å². The molecule has 2 aromatic rings. The molecule has 0 spiro atoms. The van der Waals surface area contributed by atoms with Crippen LogP contribution in [0.3, 0.4) is 0 Å². The molecule has 0 aliphatic rings. The van der Waals surface area contributed by atoms with Gasteiger partial charge in [0.1, 0.15) is 24.2 Å². The molecule has 0 amide bonds. The normalized spacial score (nSPS) is 12.1. The van der Waals surface area contributed by atoms with Crippen molar-refractivity contribution in [2.45, 2.75) is 26.5 Å². The van der Waals surface area contributed by atoms with Crippen LogP contribution in [0.1, 0.15) is 18.6 Å². The second kappa shape index (κ2) is 12.0. The second-order valence-corrected chi connectivity index (χ2v) is 6.65. The Labute approximate surface area is 185 Å². The fourth-order valence-electron chi connectivity index (χ4n) is 2.12. The van der Waals surface area contributed by atoms with E-state index in [4.69, 9.17) is 4.74 Å². The number of nitrogens with one attached hydrogen (secondary N) is 2. The number of benzene rings is 1. The smallest absolute Gasteiger partial charge is 0.192 e. The Kier molecular flexibility index (Phi) is 10.4. The predicted octanol–water partition coefficient (Wildman–Crippen LogP) is 3.19. The fraction of sp³-hybridized carbons (Fsp3) is 0.389. The molecule has 148 valence electrons. The van der Waals surface area contributed by atoms with E-state index in [0.29, 0.717) is 25.6 Å². The third-order valence-electron chi connectivity index (χ3n) is 3.70. The monoisotopic (exact) mass is 548 g/mol. The van der Waals surface area contributed by atoms with Crippen molar-refractivity contribution in [1.82, 2.24) is 25.4 Å². The van der Waals surface area contributed by atoms with Crippen molar-refractivity contribution in [3.63, 3.8) is 0 Å². The molecule has 0 aliphatic heterocycles. The quantitative estimate of drug-likeness (QED) is 0.229. The first-order valence-corrected chi connectivity index (χ1v) is 9.19. The van der Waals surface area contributed by atoms with Crippen LogP contribution in [-0.2, 0) is 13.6 Å². The van der Waals surface area contributed by atoms with Gasteiger partial charge >= 0.3 is 0 Å². The third kappa shape index (κ3) is 7.49. The molecular formula is C18H26BrIN6O. The van der Waals surface area contributed by atoms with Crippen molar-refractivity contribution >= 4 is 45.9 Å². The molecule has 0 saturated carbocycles. The average molecular weight is 549 g/mol. The van der Waals surface area contributed by atoms with E-state index in [2.05, 4.69) is 48.3 Å². The number of guanidine groups is 1. The van der Waals surface area contributed by atoms with E-state index in [9.17, 15) is 0 Å². The lowest BCUT2D eigenvalue weighted by molar-refractivity contribution is 0.222. The van der Waals surface area contributed by atoms with Gasteiger partial charge in [0.05, 0.1) is 11.0 Å². The highest BCUT2D eigenvalue weighted by Crippen LogP contribution is 2.24. The minimum absolute atomic E-state index is 0. The summed E-state index contributed by atoms with van der Waals surface area (Å²) in [6.45, 7) is 9.29. The summed E-state index contributed by atoms with van der Waals surface area (Å²) in [4.78, 5) is 4.56. The highest BCUT2D eigenvalue weighted by Gasteiger charge is 2.09. The third-order valence-corrected chi connectivity index (χ3v) is 4.35. The van der Waals surface area contributed by atoms with E-state index in [1.54, 1.807) is 6.08 Å². The first-order chi connectivity index (χ1) is 12.5. The summed E-state index contributed by atoms with van der Waals surface area (Å²) in [6, 6.07) is 7.79. The zero-order chi connectivity index (χ0) is 18.9. The van der Waals surface area contributed by atoms with Gasteiger partial charge < -0.3 is 19.9 Å². The van der Waals surface area contributed by atoms with Gasteiger partial charge in [-0.3, -0.25) is 0 Å². The Morgan fingerprint density at radius 3 is 2.74 bits per heavy atom. The molecular weight excluding hydrogens is 523 g/mol. The molecule has 0 radical (unpaired) electrons. The summed E-state index contributed by atoms with van der Waals surface area (Å²) < 4.78 is 8.80. The number of para-hydroxylation sites is 1. The first kappa shape index (κ1) is 23.4. The lowest BCUT2D eigenvalue weighted by Gasteiger charge is -2.18. The molecule has 1 aromatic heterocycles. The zero-order valence-electron chi connectivity index (χ0n) is 15.8. The first-order valence-electron chi connectivity index (χ1n) is 8.40. The number of nitrogens with zero attached hydrogens (tertiary/aromatic N) is 4. The van der Waals surface area contributed by atoms with Crippen LogP contribution in [0.25, 0.3) is 0 Å². The van der Waals surface area contributed by atoms with Crippen molar-refractivity contribution in [1.29, 1.82) is 0 Å². The van der Waals surface area contributed by atoms with E-state index in [1.165, 1.54) is 0 Å². The van der Waals surface area contributed by atoms with Crippen LogP contribution in [0, 0.1) is 6.92 Å². The van der Waals surface area contributed by atoms with E-state index < -0.39 is 0 Å². The molecule has 27 heavy (non-hydrogen) atoms. The maximum atomic E-state index is 5.95. The molecule has 0 bridgehead atoms. The summed E-state index contributed by atoms with van der Waals surface area (Å²) >= 11 is 3.49. The Morgan fingerprint density at radius 2 is 2.11 bits per heavy atom. The summed E-state index contributed by atoms with van der Waals surface area (Å²) in [5, 5.41) is 14.7. The van der Waals surface area contributed by atoms with Gasteiger partial charge in [0, 0.05) is 13.6 Å². The molecule has 1 aromatic carbocycles. The molecule has 1 unspecified atom stereocenters. The Hall–Kier alpha value is -1.62. The molecule has 0 saturated heterocycles. The number of rotatable bonds is 8. The van der Waals surface area contributed by atoms with Gasteiger partial charge in [0.15, 0.2) is 11.8 Å². The van der Waals surface area contributed by atoms with Crippen molar-refractivity contribution in [2.75, 3.05) is 13.1 Å². The van der Waals surface area contributed by atoms with Gasteiger partial charge in [-0.25, -0.2) is 4.99 Å². The number of ether oxygens (including phenoxy) is 1. The van der Waals surface area contributed by atoms with Gasteiger partial charge in [-0.1, -0.05) is 18.2 Å². The molecule has 1 atom stereocenters. The van der Waals surface area contributed by atoms with Crippen LogP contribution in [0.2, 0.25) is 0 Å². The summed E-state index contributed by atoms with van der Waals surface area (Å²) in [5.41, 5.74) is 0. The molecule has 1 heterocycles. The van der Waals surface area contributed by atoms with Crippen LogP contribution in [0.5, 0.6) is 5.75 Å². The molecule has 2 N–H and O–H groups in total. The highest BCUT2D eigenvalue weighted by atomic mass is 127. The van der Waals surface area contributed by atoms with E-state index in [1.807, 2.05) is 49.7 Å². The molecule has 0 fully saturated rings. The average Bonchev–Trinajstić information content (AvgIpc) is 2.95. The number of aliphatic imine (C=N–C) groups is 1. The van der Waals surface area contributed by atoms with Crippen LogP contribution in [0.4, 0.5) is 0 Å². The summed E-state index contributed by atoms with van der Waals surface area (Å²) in [6.07, 6.45) is 1.74. The van der Waals surface area contributed by atoms with E-state index in [-0.39, 0.29) is 30.1 Å². The Morgan fingerprint density at radius 1 is 1.37 bits per heavy atom. The number of aryl methyl sites for hydroxylation is 1. The topological polar surface area (TPSA) is 76.4 Å². The van der Waals surface area contributed by atoms with Gasteiger partial charge in [0.2, 0.25) is 0 Å². The van der Waals surface area contributed by atoms with Crippen LogP contribution >= 0.6 is 39.9 Å². The molecule has 0 aliphatic carbocycles. The predicted molar refractivity (Wildman–Crippen MR) is 123 cm³/mol. The van der Waals surface area contributed by atoms with Crippen LogP contribution < -0.4 is 15.4 Å². The number of hydrogen-bond acceptors (Lipinski definition) is 4. The van der Waals surface area contributed by atoms with E-state index >= 15 is 0 Å².